The molecule has 16 heteroatoms. The summed E-state index contributed by atoms with van der Waals surface area (Å²) < 4.78 is 39.7. The van der Waals surface area contributed by atoms with Crippen LogP contribution in [0.15, 0.2) is 95.0 Å². The molecule has 2 N–H and O–H groups in total. The molecule has 0 spiro atoms. The highest BCUT2D eigenvalue weighted by Crippen LogP contribution is 2.38. The van der Waals surface area contributed by atoms with Gasteiger partial charge in [0.25, 0.3) is 11.5 Å². The van der Waals surface area contributed by atoms with E-state index in [0.29, 0.717) is 61.5 Å². The molecule has 320 valence electrons. The Kier molecular flexibility index (Phi) is 12.6. The molecule has 2 aliphatic rings. The SMILES string of the molecule is CCS(=O)(=O)c1ccc(Oc2ccc(CCC3CCN(c4ccc(C(=O)NC5CCC(Oc6ccc(C#N)c(Cl)c6)CC5)nn4)CC3)nc2)c(-c2cn(C)c(=O)c3[nH]ccc23)c1. The molecule has 1 saturated carbocycles. The summed E-state index contributed by atoms with van der Waals surface area (Å²) >= 11 is 6.15. The summed E-state index contributed by atoms with van der Waals surface area (Å²) in [5.41, 5.74) is 3.11. The van der Waals surface area contributed by atoms with Gasteiger partial charge in [-0.15, -0.1) is 10.2 Å². The third-order valence-corrected chi connectivity index (χ3v) is 13.9. The number of aryl methyl sites for hydroxylation is 2. The quantitative estimate of drug-likeness (QED) is 0.115. The third kappa shape index (κ3) is 9.46. The predicted octanol–water partition coefficient (Wildman–Crippen LogP) is 7.80. The zero-order chi connectivity index (χ0) is 43.4. The summed E-state index contributed by atoms with van der Waals surface area (Å²) in [5.74, 6) is 2.60. The van der Waals surface area contributed by atoms with Crippen molar-refractivity contribution in [3.63, 3.8) is 0 Å². The number of aromatic nitrogens is 5. The lowest BCUT2D eigenvalue weighted by molar-refractivity contribution is 0.0888. The number of sulfone groups is 1. The summed E-state index contributed by atoms with van der Waals surface area (Å²) in [6.07, 6.45) is 12.0. The minimum Gasteiger partial charge on any atom is -0.490 e. The van der Waals surface area contributed by atoms with E-state index in [1.807, 2.05) is 18.2 Å². The zero-order valence-corrected chi connectivity index (χ0v) is 36.1. The van der Waals surface area contributed by atoms with Crippen LogP contribution in [-0.2, 0) is 23.3 Å². The number of benzene rings is 2. The lowest BCUT2D eigenvalue weighted by Gasteiger charge is -2.32. The number of carbonyl (C=O) groups is 1. The van der Waals surface area contributed by atoms with Crippen molar-refractivity contribution >= 4 is 44.1 Å². The van der Waals surface area contributed by atoms with E-state index in [4.69, 9.17) is 31.3 Å². The fraction of sp³-hybridized carbons (Fsp3) is 0.348. The number of anilines is 1. The van der Waals surface area contributed by atoms with Crippen molar-refractivity contribution in [1.29, 1.82) is 5.26 Å². The van der Waals surface area contributed by atoms with Gasteiger partial charge in [-0.1, -0.05) is 18.5 Å². The van der Waals surface area contributed by atoms with Crippen molar-refractivity contribution in [3.8, 4) is 34.4 Å². The second-order valence-electron chi connectivity index (χ2n) is 15.9. The molecule has 6 aromatic rings. The van der Waals surface area contributed by atoms with Crippen LogP contribution in [0.5, 0.6) is 17.2 Å². The minimum atomic E-state index is -3.51. The molecule has 2 fully saturated rings. The van der Waals surface area contributed by atoms with E-state index in [9.17, 15) is 18.0 Å². The molecule has 4 aromatic heterocycles. The van der Waals surface area contributed by atoms with Crippen molar-refractivity contribution < 1.29 is 22.7 Å². The number of fused-ring (bicyclic) bond motifs is 1. The minimum absolute atomic E-state index is 0.0146. The first-order valence-electron chi connectivity index (χ1n) is 20.9. The van der Waals surface area contributed by atoms with Gasteiger partial charge in [-0.05, 0) is 118 Å². The Bertz CT molecular complexity index is 2790. The first kappa shape index (κ1) is 42.5. The van der Waals surface area contributed by atoms with Gasteiger partial charge < -0.3 is 29.2 Å². The van der Waals surface area contributed by atoms with Crippen molar-refractivity contribution in [3.05, 3.63) is 118 Å². The van der Waals surface area contributed by atoms with Gasteiger partial charge in [0.1, 0.15) is 28.8 Å². The van der Waals surface area contributed by atoms with Crippen molar-refractivity contribution in [2.75, 3.05) is 23.7 Å². The van der Waals surface area contributed by atoms with Crippen LogP contribution in [-0.4, -0.2) is 70.0 Å². The molecule has 1 aliphatic heterocycles. The van der Waals surface area contributed by atoms with Crippen molar-refractivity contribution in [2.24, 2.45) is 13.0 Å². The molecular formula is C46H47ClN8O6S. The number of pyridine rings is 2. The molecular weight excluding hydrogens is 828 g/mol. The van der Waals surface area contributed by atoms with E-state index >= 15 is 0 Å². The maximum absolute atomic E-state index is 13.0. The average molecular weight is 875 g/mol. The molecule has 1 saturated heterocycles. The van der Waals surface area contributed by atoms with E-state index in [0.717, 1.165) is 76.0 Å². The van der Waals surface area contributed by atoms with Crippen LogP contribution in [0, 0.1) is 17.2 Å². The molecule has 5 heterocycles. The lowest BCUT2D eigenvalue weighted by atomic mass is 9.91. The summed E-state index contributed by atoms with van der Waals surface area (Å²) in [6.45, 7) is 3.29. The standard InChI is InChI=1S/C46H47ClN8O6S/c1-3-62(58,59)36-14-16-42(38(25-36)39-28-54(2)46(57)44-37(39)18-21-49-44)61-35-13-7-31(50-27-35)6-4-29-19-22-55(23-20-29)43-17-15-41(52-53-43)45(56)51-32-8-11-33(12-9-32)60-34-10-5-30(26-48)40(47)24-34/h5,7,10,13-18,21,24-25,27-29,32-33,49H,3-4,6,8-9,11-12,19-20,22-23H2,1-2H3,(H,51,56). The van der Waals surface area contributed by atoms with Gasteiger partial charge >= 0.3 is 0 Å². The molecule has 0 bridgehead atoms. The van der Waals surface area contributed by atoms with Crippen LogP contribution >= 0.6 is 11.6 Å². The number of aromatic amines is 1. The van der Waals surface area contributed by atoms with Gasteiger partial charge in [0.15, 0.2) is 21.3 Å². The number of nitriles is 1. The normalized spacial score (nSPS) is 17.1. The molecule has 8 rings (SSSR count). The first-order valence-corrected chi connectivity index (χ1v) is 22.9. The fourth-order valence-electron chi connectivity index (χ4n) is 8.25. The highest BCUT2D eigenvalue weighted by atomic mass is 35.5. The number of ether oxygens (including phenoxy) is 2. The molecule has 62 heavy (non-hydrogen) atoms. The van der Waals surface area contributed by atoms with E-state index in [2.05, 4.69) is 31.5 Å². The second-order valence-corrected chi connectivity index (χ2v) is 18.6. The Morgan fingerprint density at radius 3 is 2.45 bits per heavy atom. The van der Waals surface area contributed by atoms with Crippen LogP contribution in [0.25, 0.3) is 22.0 Å². The topological polar surface area (TPSA) is 185 Å². The number of nitrogens with one attached hydrogen (secondary N) is 2. The number of hydrogen-bond donors (Lipinski definition) is 2. The highest BCUT2D eigenvalue weighted by Gasteiger charge is 2.26. The fourth-order valence-corrected chi connectivity index (χ4v) is 9.37. The van der Waals surface area contributed by atoms with Gasteiger partial charge in [0.05, 0.1) is 33.5 Å². The number of hydrogen-bond acceptors (Lipinski definition) is 11. The average Bonchev–Trinajstić information content (AvgIpc) is 3.79. The number of rotatable bonds is 13. The van der Waals surface area contributed by atoms with E-state index in [1.54, 1.807) is 81.1 Å². The number of piperidine rings is 1. The molecule has 0 atom stereocenters. The van der Waals surface area contributed by atoms with Crippen LogP contribution in [0.2, 0.25) is 5.02 Å². The summed E-state index contributed by atoms with van der Waals surface area (Å²) in [6, 6.07) is 21.2. The molecule has 0 unspecified atom stereocenters. The summed E-state index contributed by atoms with van der Waals surface area (Å²) in [4.78, 5) is 35.9. The van der Waals surface area contributed by atoms with Crippen LogP contribution in [0.1, 0.15) is 73.6 Å². The van der Waals surface area contributed by atoms with Gasteiger partial charge in [-0.25, -0.2) is 8.42 Å². The molecule has 14 nitrogen and oxygen atoms in total. The van der Waals surface area contributed by atoms with Gasteiger partial charge in [-0.3, -0.25) is 14.6 Å². The maximum atomic E-state index is 13.0. The molecule has 1 amide bonds. The molecule has 2 aromatic carbocycles. The van der Waals surface area contributed by atoms with E-state index < -0.39 is 9.84 Å². The monoisotopic (exact) mass is 874 g/mol. The van der Waals surface area contributed by atoms with Gasteiger partial charge in [0.2, 0.25) is 0 Å². The van der Waals surface area contributed by atoms with Crippen LogP contribution in [0.4, 0.5) is 5.82 Å². The Balaban J connectivity index is 0.809. The predicted molar refractivity (Wildman–Crippen MR) is 237 cm³/mol. The highest BCUT2D eigenvalue weighted by molar-refractivity contribution is 7.91. The summed E-state index contributed by atoms with van der Waals surface area (Å²) in [5, 5.41) is 21.9. The van der Waals surface area contributed by atoms with E-state index in [-0.39, 0.29) is 34.3 Å². The number of carbonyl (C=O) groups excluding carboxylic acids is 1. The first-order chi connectivity index (χ1) is 30.0. The lowest BCUT2D eigenvalue weighted by Crippen LogP contribution is -2.40. The maximum Gasteiger partial charge on any atom is 0.274 e. The Hall–Kier alpha value is -6.24. The molecule has 0 radical (unpaired) electrons. The number of amides is 1. The second kappa shape index (κ2) is 18.4. The largest absolute Gasteiger partial charge is 0.490 e. The smallest absolute Gasteiger partial charge is 0.274 e. The van der Waals surface area contributed by atoms with E-state index in [1.165, 1.54) is 4.57 Å². The van der Waals surface area contributed by atoms with Crippen molar-refractivity contribution in [1.82, 2.24) is 30.0 Å². The number of H-pyrrole nitrogens is 1. The van der Waals surface area contributed by atoms with Crippen LogP contribution < -0.4 is 25.2 Å². The Labute approximate surface area is 364 Å². The third-order valence-electron chi connectivity index (χ3n) is 11.9. The zero-order valence-electron chi connectivity index (χ0n) is 34.5. The van der Waals surface area contributed by atoms with Crippen molar-refractivity contribution in [2.45, 2.75) is 75.3 Å². The van der Waals surface area contributed by atoms with Gasteiger partial charge in [0, 0.05) is 66.8 Å². The van der Waals surface area contributed by atoms with Gasteiger partial charge in [-0.2, -0.15) is 5.26 Å². The number of halogens is 1. The molecule has 1 aliphatic carbocycles. The van der Waals surface area contributed by atoms with Crippen LogP contribution in [0.3, 0.4) is 0 Å². The summed E-state index contributed by atoms with van der Waals surface area (Å²) in [7, 11) is -1.85. The Morgan fingerprint density at radius 2 is 1.76 bits per heavy atom. The Morgan fingerprint density at radius 1 is 0.968 bits per heavy atom. The number of nitrogens with zero attached hydrogens (tertiary/aromatic N) is 6.